The maximum atomic E-state index is 7.00. The summed E-state index contributed by atoms with van der Waals surface area (Å²) in [5.74, 6) is 0. The van der Waals surface area contributed by atoms with Crippen LogP contribution in [0.1, 0.15) is 6.92 Å². The van der Waals surface area contributed by atoms with E-state index in [1.165, 1.54) is 0 Å². The molecule has 0 aliphatic carbocycles. The Balaban J connectivity index is 0. The molecule has 0 aliphatic heterocycles. The molecule has 0 saturated carbocycles. The Bertz CT molecular complexity index is 30.5. The van der Waals surface area contributed by atoms with Gasteiger partial charge >= 0.3 is 0 Å². The predicted octanol–water partition coefficient (Wildman–Crippen LogP) is 1.37. The first-order valence-electron chi connectivity index (χ1n) is 1.49. The minimum atomic E-state index is 0.639. The van der Waals surface area contributed by atoms with Gasteiger partial charge in [-0.2, -0.15) is 0 Å². The van der Waals surface area contributed by atoms with Gasteiger partial charge in [0.1, 0.15) is 0 Å². The zero-order chi connectivity index (χ0) is 5.58. The van der Waals surface area contributed by atoms with Crippen molar-refractivity contribution < 1.29 is 5.11 Å². The summed E-state index contributed by atoms with van der Waals surface area (Å²) >= 11 is 5.08. The standard InChI is InChI=1S/C3H5Cl.CH4O/c1-3(2)4;1-2/h1H2,2H3;2H,1H3. The molecule has 0 fully saturated rings. The summed E-state index contributed by atoms with van der Waals surface area (Å²) in [5.41, 5.74) is 0. The molecule has 1 N–H and O–H groups in total. The van der Waals surface area contributed by atoms with Crippen LogP contribution in [0.3, 0.4) is 0 Å². The minimum absolute atomic E-state index is 0.639. The van der Waals surface area contributed by atoms with Crippen LogP contribution in [-0.2, 0) is 0 Å². The Morgan fingerprint density at radius 3 is 1.67 bits per heavy atom. The average Bonchev–Trinajstić information content (AvgIpc) is 1.41. The highest BCUT2D eigenvalue weighted by atomic mass is 35.5. The summed E-state index contributed by atoms with van der Waals surface area (Å²) in [4.78, 5) is 0. The number of aliphatic hydroxyl groups excluding tert-OH is 1. The second-order valence-electron chi connectivity index (χ2n) is 0.676. The number of halogens is 1. The van der Waals surface area contributed by atoms with Gasteiger partial charge in [-0.25, -0.2) is 0 Å². The minimum Gasteiger partial charge on any atom is -0.400 e. The quantitative estimate of drug-likeness (QED) is 0.497. The van der Waals surface area contributed by atoms with Crippen molar-refractivity contribution >= 4 is 11.6 Å². The van der Waals surface area contributed by atoms with E-state index in [1.807, 2.05) is 0 Å². The first-order chi connectivity index (χ1) is 2.73. The Hall–Kier alpha value is -0.0100. The van der Waals surface area contributed by atoms with Gasteiger partial charge in [-0.05, 0) is 6.92 Å². The normalized spacial score (nSPS) is 5.33. The number of allylic oxidation sites excluding steroid dienone is 1. The van der Waals surface area contributed by atoms with E-state index in [0.717, 1.165) is 7.11 Å². The lowest BCUT2D eigenvalue weighted by molar-refractivity contribution is 0.399. The van der Waals surface area contributed by atoms with Crippen LogP contribution < -0.4 is 0 Å². The molecule has 0 heterocycles. The fraction of sp³-hybridized carbons (Fsp3) is 0.500. The van der Waals surface area contributed by atoms with Crippen molar-refractivity contribution in [3.8, 4) is 0 Å². The molecule has 0 saturated heterocycles. The highest BCUT2D eigenvalue weighted by Crippen LogP contribution is 1.87. The molecule has 0 aromatic heterocycles. The lowest BCUT2D eigenvalue weighted by atomic mass is 10.8. The van der Waals surface area contributed by atoms with Crippen LogP contribution in [0.5, 0.6) is 0 Å². The number of hydrogen-bond acceptors (Lipinski definition) is 1. The van der Waals surface area contributed by atoms with Crippen molar-refractivity contribution in [2.75, 3.05) is 7.11 Å². The Morgan fingerprint density at radius 1 is 1.67 bits per heavy atom. The molecule has 0 aromatic carbocycles. The van der Waals surface area contributed by atoms with Gasteiger partial charge in [-0.1, -0.05) is 18.2 Å². The van der Waals surface area contributed by atoms with Crippen LogP contribution in [0, 0.1) is 0 Å². The zero-order valence-corrected chi connectivity index (χ0v) is 4.79. The maximum Gasteiger partial charge on any atom is 0.0319 e. The third kappa shape index (κ3) is 357000. The molecule has 0 amide bonds. The van der Waals surface area contributed by atoms with Crippen molar-refractivity contribution in [1.29, 1.82) is 0 Å². The van der Waals surface area contributed by atoms with E-state index >= 15 is 0 Å². The van der Waals surface area contributed by atoms with Gasteiger partial charge in [0.05, 0.1) is 0 Å². The Morgan fingerprint density at radius 2 is 1.67 bits per heavy atom. The number of aliphatic hydroxyl groups is 1. The molecule has 0 radical (unpaired) electrons. The third-order valence-corrected chi connectivity index (χ3v) is 0. The van der Waals surface area contributed by atoms with Gasteiger partial charge in [0.2, 0.25) is 0 Å². The SMILES string of the molecule is C=C(C)Cl.CO. The van der Waals surface area contributed by atoms with Gasteiger partial charge in [0, 0.05) is 12.1 Å². The van der Waals surface area contributed by atoms with Crippen molar-refractivity contribution in [1.82, 2.24) is 0 Å². The van der Waals surface area contributed by atoms with Crippen molar-refractivity contribution in [3.63, 3.8) is 0 Å². The van der Waals surface area contributed by atoms with Crippen LogP contribution in [0.2, 0.25) is 0 Å². The van der Waals surface area contributed by atoms with Crippen LogP contribution in [0.4, 0.5) is 0 Å². The molecule has 1 nitrogen and oxygen atoms in total. The van der Waals surface area contributed by atoms with E-state index in [0.29, 0.717) is 5.03 Å². The summed E-state index contributed by atoms with van der Waals surface area (Å²) < 4.78 is 0. The molecule has 2 heteroatoms. The highest BCUT2D eigenvalue weighted by molar-refractivity contribution is 6.28. The molecule has 6 heavy (non-hydrogen) atoms. The first-order valence-corrected chi connectivity index (χ1v) is 1.87. The maximum absolute atomic E-state index is 7.00. The molecule has 0 atom stereocenters. The number of rotatable bonds is 0. The molecular formula is C4H9ClO. The van der Waals surface area contributed by atoms with Crippen LogP contribution >= 0.6 is 11.6 Å². The van der Waals surface area contributed by atoms with Gasteiger partial charge in [0.15, 0.2) is 0 Å². The number of hydrogen-bond donors (Lipinski definition) is 1. The Kier molecular flexibility index (Phi) is 13.9. The fourth-order valence-corrected chi connectivity index (χ4v) is 0. The zero-order valence-electron chi connectivity index (χ0n) is 4.03. The first kappa shape index (κ1) is 9.37. The fourth-order valence-electron chi connectivity index (χ4n) is 0. The third-order valence-electron chi connectivity index (χ3n) is 0. The summed E-state index contributed by atoms with van der Waals surface area (Å²) in [6.07, 6.45) is 0. The molecular weight excluding hydrogens is 99.5 g/mol. The molecule has 0 aromatic rings. The van der Waals surface area contributed by atoms with E-state index in [4.69, 9.17) is 16.7 Å². The highest BCUT2D eigenvalue weighted by Gasteiger charge is 1.55. The van der Waals surface area contributed by atoms with E-state index in [9.17, 15) is 0 Å². The molecule has 0 aliphatic rings. The van der Waals surface area contributed by atoms with Gasteiger partial charge in [0.25, 0.3) is 0 Å². The summed E-state index contributed by atoms with van der Waals surface area (Å²) in [6.45, 7) is 5.06. The van der Waals surface area contributed by atoms with Crippen LogP contribution in [0.15, 0.2) is 11.6 Å². The lowest BCUT2D eigenvalue weighted by Crippen LogP contribution is -1.34. The largest absolute Gasteiger partial charge is 0.400 e. The summed E-state index contributed by atoms with van der Waals surface area (Å²) in [6, 6.07) is 0. The Labute approximate surface area is 43.2 Å². The smallest absolute Gasteiger partial charge is 0.0319 e. The summed E-state index contributed by atoms with van der Waals surface area (Å²) in [7, 11) is 1.00. The predicted molar refractivity (Wildman–Crippen MR) is 28.8 cm³/mol. The van der Waals surface area contributed by atoms with E-state index in [1.54, 1.807) is 6.92 Å². The molecule has 0 spiro atoms. The molecule has 0 bridgehead atoms. The van der Waals surface area contributed by atoms with Crippen molar-refractivity contribution in [2.45, 2.75) is 6.92 Å². The molecule has 0 unspecified atom stereocenters. The molecule has 0 rings (SSSR count). The topological polar surface area (TPSA) is 20.2 Å². The average molecular weight is 109 g/mol. The lowest BCUT2D eigenvalue weighted by Gasteiger charge is -1.61. The molecule has 38 valence electrons. The van der Waals surface area contributed by atoms with E-state index in [2.05, 4.69) is 6.58 Å². The van der Waals surface area contributed by atoms with Crippen molar-refractivity contribution in [2.24, 2.45) is 0 Å². The van der Waals surface area contributed by atoms with Crippen LogP contribution in [-0.4, -0.2) is 12.2 Å². The van der Waals surface area contributed by atoms with Crippen molar-refractivity contribution in [3.05, 3.63) is 11.6 Å². The van der Waals surface area contributed by atoms with Crippen LogP contribution in [0.25, 0.3) is 0 Å². The monoisotopic (exact) mass is 108 g/mol. The van der Waals surface area contributed by atoms with Gasteiger partial charge < -0.3 is 5.11 Å². The van der Waals surface area contributed by atoms with E-state index < -0.39 is 0 Å². The van der Waals surface area contributed by atoms with Gasteiger partial charge in [-0.3, -0.25) is 0 Å². The second kappa shape index (κ2) is 8.89. The second-order valence-corrected chi connectivity index (χ2v) is 1.32. The van der Waals surface area contributed by atoms with Gasteiger partial charge in [-0.15, -0.1) is 0 Å². The van der Waals surface area contributed by atoms with E-state index in [-0.39, 0.29) is 0 Å². The summed E-state index contributed by atoms with van der Waals surface area (Å²) in [5, 5.41) is 7.64.